The van der Waals surface area contributed by atoms with Crippen molar-refractivity contribution in [2.45, 2.75) is 48.8 Å². The average Bonchev–Trinajstić information content (AvgIpc) is 2.67. The molecule has 9 heteroatoms. The fraction of sp³-hybridized carbons (Fsp3) is 0.500. The van der Waals surface area contributed by atoms with E-state index in [2.05, 4.69) is 27.1 Å². The van der Waals surface area contributed by atoms with Crippen molar-refractivity contribution in [2.24, 2.45) is 0 Å². The molecule has 3 heterocycles. The van der Waals surface area contributed by atoms with Crippen LogP contribution in [0.4, 0.5) is 11.6 Å². The number of hydrogen-bond acceptors (Lipinski definition) is 8. The van der Waals surface area contributed by atoms with Crippen LogP contribution < -0.4 is 16.0 Å². The van der Waals surface area contributed by atoms with Gasteiger partial charge in [-0.3, -0.25) is 0 Å². The van der Waals surface area contributed by atoms with Crippen LogP contribution in [-0.2, 0) is 6.61 Å². The zero-order valence-corrected chi connectivity index (χ0v) is 17.4. The van der Waals surface area contributed by atoms with Crippen LogP contribution in [0.2, 0.25) is 5.02 Å². The lowest BCUT2D eigenvalue weighted by Crippen LogP contribution is -2.50. The molecule has 0 bridgehead atoms. The first-order valence-corrected chi connectivity index (χ1v) is 10.1. The molecule has 2 aromatic heterocycles. The molecule has 27 heavy (non-hydrogen) atoms. The molecule has 3 rings (SSSR count). The number of aliphatic hydroxyl groups is 1. The highest BCUT2D eigenvalue weighted by atomic mass is 35.5. The Morgan fingerprint density at radius 1 is 1.37 bits per heavy atom. The van der Waals surface area contributed by atoms with Gasteiger partial charge in [0, 0.05) is 29.7 Å². The van der Waals surface area contributed by atoms with Gasteiger partial charge in [0.2, 0.25) is 0 Å². The second kappa shape index (κ2) is 8.18. The number of nitrogens with two attached hydrogens (primary N) is 1. The maximum Gasteiger partial charge on any atom is 0.153 e. The Labute approximate surface area is 168 Å². The molecule has 4 N–H and O–H groups in total. The van der Waals surface area contributed by atoms with E-state index in [0.29, 0.717) is 15.7 Å². The Kier molecular flexibility index (Phi) is 6.10. The Morgan fingerprint density at radius 2 is 2.07 bits per heavy atom. The van der Waals surface area contributed by atoms with E-state index in [4.69, 9.17) is 22.3 Å². The highest BCUT2D eigenvalue weighted by Gasteiger charge is 2.30. The van der Waals surface area contributed by atoms with Crippen molar-refractivity contribution in [2.75, 3.05) is 30.8 Å². The molecular weight excluding hydrogens is 384 g/mol. The Bertz CT molecular complexity index is 826. The minimum Gasteiger partial charge on any atom is -0.390 e. The summed E-state index contributed by atoms with van der Waals surface area (Å²) < 4.78 is 0. The third kappa shape index (κ3) is 4.29. The molecule has 0 aliphatic carbocycles. The summed E-state index contributed by atoms with van der Waals surface area (Å²) in [5, 5.41) is 14.4. The van der Waals surface area contributed by atoms with Gasteiger partial charge < -0.3 is 21.1 Å². The van der Waals surface area contributed by atoms with Crippen LogP contribution in [0.5, 0.6) is 0 Å². The highest BCUT2D eigenvalue weighted by Crippen LogP contribution is 2.37. The number of anilines is 2. The highest BCUT2D eigenvalue weighted by molar-refractivity contribution is 7.99. The first-order chi connectivity index (χ1) is 12.9. The lowest BCUT2D eigenvalue weighted by Gasteiger charge is -2.40. The summed E-state index contributed by atoms with van der Waals surface area (Å²) in [6.45, 7) is 5.73. The third-order valence-electron chi connectivity index (χ3n) is 5.08. The molecule has 1 aliphatic rings. The third-order valence-corrected chi connectivity index (χ3v) is 6.73. The number of aryl methyl sites for hydroxylation is 1. The van der Waals surface area contributed by atoms with Gasteiger partial charge in [-0.2, -0.15) is 0 Å². The quantitative estimate of drug-likeness (QED) is 0.694. The molecule has 0 amide bonds. The van der Waals surface area contributed by atoms with E-state index in [-0.39, 0.29) is 18.0 Å². The van der Waals surface area contributed by atoms with Crippen LogP contribution in [0, 0.1) is 6.92 Å². The molecule has 2 aromatic rings. The fourth-order valence-corrected chi connectivity index (χ4v) is 4.18. The number of piperidine rings is 1. The zero-order valence-electron chi connectivity index (χ0n) is 15.8. The molecule has 7 nitrogen and oxygen atoms in total. The van der Waals surface area contributed by atoms with E-state index in [1.54, 1.807) is 12.3 Å². The Balaban J connectivity index is 1.87. The van der Waals surface area contributed by atoms with E-state index in [1.165, 1.54) is 11.8 Å². The van der Waals surface area contributed by atoms with Gasteiger partial charge in [0.1, 0.15) is 16.5 Å². The summed E-state index contributed by atoms with van der Waals surface area (Å²) in [5.74, 6) is 1.05. The number of nitrogen functional groups attached to an aromatic ring is 1. The van der Waals surface area contributed by atoms with Gasteiger partial charge >= 0.3 is 0 Å². The Hall–Kier alpha value is -1.61. The number of nitrogens with one attached hydrogen (secondary N) is 1. The van der Waals surface area contributed by atoms with Gasteiger partial charge in [-0.15, -0.1) is 0 Å². The number of halogens is 1. The monoisotopic (exact) mass is 408 g/mol. The number of aliphatic hydroxyl groups excluding tert-OH is 1. The molecule has 0 atom stereocenters. The van der Waals surface area contributed by atoms with Gasteiger partial charge in [-0.1, -0.05) is 23.4 Å². The molecule has 0 spiro atoms. The second-order valence-electron chi connectivity index (χ2n) is 6.95. The maximum atomic E-state index is 9.87. The van der Waals surface area contributed by atoms with Crippen LogP contribution in [0.15, 0.2) is 22.2 Å². The van der Waals surface area contributed by atoms with Gasteiger partial charge in [0.25, 0.3) is 0 Å². The van der Waals surface area contributed by atoms with E-state index < -0.39 is 0 Å². The lowest BCUT2D eigenvalue weighted by molar-refractivity contribution is 0.273. The zero-order chi connectivity index (χ0) is 19.6. The number of nitrogens with zero attached hydrogens (tertiary/aromatic N) is 4. The number of aromatic nitrogens is 3. The topological polar surface area (TPSA) is 100 Å². The molecule has 0 unspecified atom stereocenters. The van der Waals surface area contributed by atoms with Gasteiger partial charge in [-0.05, 0) is 39.8 Å². The van der Waals surface area contributed by atoms with Gasteiger partial charge in [0.15, 0.2) is 5.82 Å². The summed E-state index contributed by atoms with van der Waals surface area (Å²) in [4.78, 5) is 16.4. The Morgan fingerprint density at radius 3 is 2.70 bits per heavy atom. The molecule has 0 saturated carbocycles. The van der Waals surface area contributed by atoms with E-state index in [9.17, 15) is 5.11 Å². The van der Waals surface area contributed by atoms with E-state index >= 15 is 0 Å². The van der Waals surface area contributed by atoms with Crippen molar-refractivity contribution < 1.29 is 5.11 Å². The molecule has 1 aliphatic heterocycles. The van der Waals surface area contributed by atoms with Crippen molar-refractivity contribution >= 4 is 35.0 Å². The van der Waals surface area contributed by atoms with Crippen molar-refractivity contribution in [3.8, 4) is 0 Å². The van der Waals surface area contributed by atoms with Crippen molar-refractivity contribution in [1.82, 2.24) is 20.3 Å². The maximum absolute atomic E-state index is 9.87. The molecule has 1 saturated heterocycles. The summed E-state index contributed by atoms with van der Waals surface area (Å²) in [5.41, 5.74) is 7.29. The molecular formula is C18H25ClN6OS. The summed E-state index contributed by atoms with van der Waals surface area (Å²) in [6, 6.07) is 1.79. The van der Waals surface area contributed by atoms with Crippen LogP contribution >= 0.6 is 23.4 Å². The largest absolute Gasteiger partial charge is 0.390 e. The van der Waals surface area contributed by atoms with Crippen molar-refractivity contribution in [1.29, 1.82) is 0 Å². The van der Waals surface area contributed by atoms with Gasteiger partial charge in [0.05, 0.1) is 17.3 Å². The van der Waals surface area contributed by atoms with Gasteiger partial charge in [-0.25, -0.2) is 15.0 Å². The molecule has 0 radical (unpaired) electrons. The minimum atomic E-state index is -0.164. The standard InChI is InChI=1S/C18H25ClN6OS/c1-11-17(27-13-4-7-22-15(20)14(13)19)24-12(10-26)16(23-11)25-8-5-18(2,21-3)6-9-25/h4,7,21,26H,5-6,8-10H2,1-3H3,(H2,20,22). The predicted octanol–water partition coefficient (Wildman–Crippen LogP) is 2.64. The smallest absolute Gasteiger partial charge is 0.153 e. The number of pyridine rings is 1. The first-order valence-electron chi connectivity index (χ1n) is 8.87. The van der Waals surface area contributed by atoms with Crippen molar-refractivity contribution in [3.05, 3.63) is 28.7 Å². The van der Waals surface area contributed by atoms with Crippen LogP contribution in [-0.4, -0.2) is 45.7 Å². The van der Waals surface area contributed by atoms with Crippen LogP contribution in [0.3, 0.4) is 0 Å². The lowest BCUT2D eigenvalue weighted by atomic mass is 9.90. The number of rotatable bonds is 5. The second-order valence-corrected chi connectivity index (χ2v) is 8.36. The SMILES string of the molecule is CNC1(C)CCN(c2nc(C)c(Sc3ccnc(N)c3Cl)nc2CO)CC1. The van der Waals surface area contributed by atoms with Crippen molar-refractivity contribution in [3.63, 3.8) is 0 Å². The molecule has 0 aromatic carbocycles. The minimum absolute atomic E-state index is 0.145. The van der Waals surface area contributed by atoms with E-state index in [0.717, 1.165) is 42.3 Å². The average molecular weight is 409 g/mol. The molecule has 146 valence electrons. The fourth-order valence-electron chi connectivity index (χ4n) is 3.07. The van der Waals surface area contributed by atoms with E-state index in [1.807, 2.05) is 14.0 Å². The summed E-state index contributed by atoms with van der Waals surface area (Å²) in [6.07, 6.45) is 3.63. The van der Waals surface area contributed by atoms with Crippen LogP contribution in [0.1, 0.15) is 31.2 Å². The molecule has 1 fully saturated rings. The summed E-state index contributed by atoms with van der Waals surface area (Å²) in [7, 11) is 2.00. The predicted molar refractivity (Wildman–Crippen MR) is 109 cm³/mol. The first kappa shape index (κ1) is 20.1. The summed E-state index contributed by atoms with van der Waals surface area (Å²) >= 11 is 7.62. The number of hydrogen-bond donors (Lipinski definition) is 3. The normalized spacial score (nSPS) is 16.6. The van der Waals surface area contributed by atoms with Crippen LogP contribution in [0.25, 0.3) is 0 Å².